The van der Waals surface area contributed by atoms with E-state index in [1.165, 1.54) is 18.7 Å². The van der Waals surface area contributed by atoms with Gasteiger partial charge in [0.1, 0.15) is 21.9 Å². The standard InChI is InChI=1S/C11H16IN3O6/c1-15-10(19)5(12)8(14-11(15)20-2)13-9-7(18)6(17)4(16)3-21-9/h4,6-7,9,13,16-18H,3H2,1-2H3/t4-,6-,7-,9+/m1/s1. The summed E-state index contributed by atoms with van der Waals surface area (Å²) in [5.41, 5.74) is -0.323. The Bertz CT molecular complexity index is 580. The molecule has 0 bridgehead atoms. The highest BCUT2D eigenvalue weighted by Gasteiger charge is 2.38. The number of nitrogens with zero attached hydrogens (tertiary/aromatic N) is 2. The number of aromatic nitrogens is 2. The molecule has 0 saturated carbocycles. The second kappa shape index (κ2) is 6.44. The maximum Gasteiger partial charge on any atom is 0.300 e. The van der Waals surface area contributed by atoms with Gasteiger partial charge in [0, 0.05) is 7.05 Å². The number of aliphatic hydroxyl groups excluding tert-OH is 3. The molecule has 0 aromatic carbocycles. The molecule has 9 nitrogen and oxygen atoms in total. The van der Waals surface area contributed by atoms with Crippen molar-refractivity contribution >= 4 is 28.4 Å². The summed E-state index contributed by atoms with van der Waals surface area (Å²) in [5.74, 6) is 0.170. The van der Waals surface area contributed by atoms with Crippen LogP contribution >= 0.6 is 22.6 Å². The Kier molecular flexibility index (Phi) is 5.03. The summed E-state index contributed by atoms with van der Waals surface area (Å²) in [6.07, 6.45) is -4.87. The van der Waals surface area contributed by atoms with Crippen molar-refractivity contribution in [1.29, 1.82) is 0 Å². The van der Waals surface area contributed by atoms with E-state index in [2.05, 4.69) is 10.3 Å². The number of nitrogens with one attached hydrogen (secondary N) is 1. The van der Waals surface area contributed by atoms with Crippen LogP contribution in [0.25, 0.3) is 0 Å². The van der Waals surface area contributed by atoms with Crippen molar-refractivity contribution in [1.82, 2.24) is 9.55 Å². The summed E-state index contributed by atoms with van der Waals surface area (Å²) >= 11 is 1.81. The van der Waals surface area contributed by atoms with E-state index >= 15 is 0 Å². The maximum absolute atomic E-state index is 12.0. The van der Waals surface area contributed by atoms with Crippen LogP contribution in [-0.2, 0) is 11.8 Å². The molecular weight excluding hydrogens is 397 g/mol. The molecule has 0 aliphatic carbocycles. The van der Waals surface area contributed by atoms with Gasteiger partial charge in [-0.2, -0.15) is 4.98 Å². The summed E-state index contributed by atoms with van der Waals surface area (Å²) < 4.78 is 11.7. The Morgan fingerprint density at radius 2 is 2.10 bits per heavy atom. The summed E-state index contributed by atoms with van der Waals surface area (Å²) in [4.78, 5) is 16.1. The van der Waals surface area contributed by atoms with Crippen LogP contribution in [-0.4, -0.2) is 63.1 Å². The molecule has 1 saturated heterocycles. The fourth-order valence-electron chi connectivity index (χ4n) is 1.90. The van der Waals surface area contributed by atoms with Crippen LogP contribution in [0.4, 0.5) is 5.82 Å². The monoisotopic (exact) mass is 413 g/mol. The number of aliphatic hydroxyl groups is 3. The van der Waals surface area contributed by atoms with Crippen LogP contribution in [0.2, 0.25) is 0 Å². The summed E-state index contributed by atoms with van der Waals surface area (Å²) in [5, 5.41) is 31.6. The zero-order valence-electron chi connectivity index (χ0n) is 11.4. The van der Waals surface area contributed by atoms with E-state index in [-0.39, 0.29) is 27.6 Å². The quantitative estimate of drug-likeness (QED) is 0.430. The Morgan fingerprint density at radius 1 is 1.43 bits per heavy atom. The van der Waals surface area contributed by atoms with Crippen molar-refractivity contribution in [3.8, 4) is 6.01 Å². The first-order valence-corrected chi connectivity index (χ1v) is 7.17. The lowest BCUT2D eigenvalue weighted by Crippen LogP contribution is -2.55. The Morgan fingerprint density at radius 3 is 2.71 bits per heavy atom. The Labute approximate surface area is 133 Å². The molecule has 0 unspecified atom stereocenters. The molecule has 0 spiro atoms. The van der Waals surface area contributed by atoms with Crippen LogP contribution in [0, 0.1) is 3.57 Å². The zero-order valence-corrected chi connectivity index (χ0v) is 13.5. The predicted molar refractivity (Wildman–Crippen MR) is 80.1 cm³/mol. The van der Waals surface area contributed by atoms with Gasteiger partial charge in [-0.1, -0.05) is 0 Å². The van der Waals surface area contributed by atoms with E-state index in [1.807, 2.05) is 22.6 Å². The first-order valence-electron chi connectivity index (χ1n) is 6.09. The van der Waals surface area contributed by atoms with E-state index in [0.29, 0.717) is 0 Å². The molecule has 1 aromatic rings. The predicted octanol–water partition coefficient (Wildman–Crippen LogP) is -1.76. The van der Waals surface area contributed by atoms with Gasteiger partial charge in [0.05, 0.1) is 13.7 Å². The highest BCUT2D eigenvalue weighted by atomic mass is 127. The maximum atomic E-state index is 12.0. The minimum atomic E-state index is -1.36. The van der Waals surface area contributed by atoms with Gasteiger partial charge in [0.2, 0.25) is 0 Å². The van der Waals surface area contributed by atoms with E-state index < -0.39 is 24.5 Å². The third-order valence-electron chi connectivity index (χ3n) is 3.16. The van der Waals surface area contributed by atoms with Crippen molar-refractivity contribution in [2.24, 2.45) is 7.05 Å². The van der Waals surface area contributed by atoms with Gasteiger partial charge in [-0.25, -0.2) is 0 Å². The first kappa shape index (κ1) is 16.4. The lowest BCUT2D eigenvalue weighted by Gasteiger charge is -2.35. The number of methoxy groups -OCH3 is 1. The molecule has 10 heteroatoms. The highest BCUT2D eigenvalue weighted by molar-refractivity contribution is 14.1. The molecule has 4 N–H and O–H groups in total. The number of anilines is 1. The normalized spacial score (nSPS) is 29.2. The lowest BCUT2D eigenvalue weighted by atomic mass is 10.0. The van der Waals surface area contributed by atoms with Crippen LogP contribution in [0.3, 0.4) is 0 Å². The molecular formula is C11H16IN3O6. The highest BCUT2D eigenvalue weighted by Crippen LogP contribution is 2.21. The third kappa shape index (κ3) is 3.13. The number of hydrogen-bond donors (Lipinski definition) is 4. The van der Waals surface area contributed by atoms with Crippen LogP contribution in [0.1, 0.15) is 0 Å². The van der Waals surface area contributed by atoms with Crippen molar-refractivity contribution in [3.63, 3.8) is 0 Å². The van der Waals surface area contributed by atoms with Gasteiger partial charge in [-0.05, 0) is 22.6 Å². The van der Waals surface area contributed by atoms with E-state index in [1.54, 1.807) is 0 Å². The smallest absolute Gasteiger partial charge is 0.300 e. The van der Waals surface area contributed by atoms with E-state index in [0.717, 1.165) is 0 Å². The van der Waals surface area contributed by atoms with Crippen molar-refractivity contribution in [3.05, 3.63) is 13.9 Å². The second-order valence-electron chi connectivity index (χ2n) is 4.57. The number of hydrogen-bond acceptors (Lipinski definition) is 8. The van der Waals surface area contributed by atoms with Crippen LogP contribution < -0.4 is 15.6 Å². The van der Waals surface area contributed by atoms with Crippen molar-refractivity contribution in [2.45, 2.75) is 24.5 Å². The van der Waals surface area contributed by atoms with Crippen molar-refractivity contribution in [2.75, 3.05) is 19.0 Å². The van der Waals surface area contributed by atoms with Gasteiger partial charge < -0.3 is 30.1 Å². The van der Waals surface area contributed by atoms with Gasteiger partial charge in [-0.15, -0.1) is 0 Å². The molecule has 2 rings (SSSR count). The van der Waals surface area contributed by atoms with Gasteiger partial charge in [0.25, 0.3) is 5.56 Å². The molecule has 4 atom stereocenters. The van der Waals surface area contributed by atoms with Crippen LogP contribution in [0.15, 0.2) is 4.79 Å². The van der Waals surface area contributed by atoms with E-state index in [4.69, 9.17) is 9.47 Å². The zero-order chi connectivity index (χ0) is 15.7. The summed E-state index contributed by atoms with van der Waals surface area (Å²) in [6, 6.07) is 0.0915. The summed E-state index contributed by atoms with van der Waals surface area (Å²) in [7, 11) is 2.90. The van der Waals surface area contributed by atoms with Crippen LogP contribution in [0.5, 0.6) is 6.01 Å². The fraction of sp³-hybridized carbons (Fsp3) is 0.636. The van der Waals surface area contributed by atoms with E-state index in [9.17, 15) is 20.1 Å². The molecule has 1 aliphatic heterocycles. The van der Waals surface area contributed by atoms with Gasteiger partial charge in [-0.3, -0.25) is 9.36 Å². The molecule has 1 fully saturated rings. The SMILES string of the molecule is COc1nc(N[C@H]2OC[C@@H](O)[C@@H](O)[C@H]2O)c(I)c(=O)n1C. The van der Waals surface area contributed by atoms with Gasteiger partial charge in [0.15, 0.2) is 12.0 Å². The molecule has 2 heterocycles. The van der Waals surface area contributed by atoms with Crippen molar-refractivity contribution < 1.29 is 24.8 Å². The molecule has 0 radical (unpaired) electrons. The first-order chi connectivity index (χ1) is 9.86. The second-order valence-corrected chi connectivity index (χ2v) is 5.65. The average molecular weight is 413 g/mol. The number of rotatable bonds is 3. The average Bonchev–Trinajstić information content (AvgIpc) is 2.48. The molecule has 1 aromatic heterocycles. The topological polar surface area (TPSA) is 126 Å². The molecule has 21 heavy (non-hydrogen) atoms. The van der Waals surface area contributed by atoms with Gasteiger partial charge >= 0.3 is 6.01 Å². The molecule has 1 aliphatic rings. The molecule has 118 valence electrons. The fourth-order valence-corrected chi connectivity index (χ4v) is 2.54. The molecule has 0 amide bonds. The minimum absolute atomic E-state index is 0.0915. The Balaban J connectivity index is 2.28. The largest absolute Gasteiger partial charge is 0.468 e. The minimum Gasteiger partial charge on any atom is -0.468 e. The Hall–Kier alpha value is -0.950. The number of ether oxygens (including phenoxy) is 2. The lowest BCUT2D eigenvalue weighted by molar-refractivity contribution is -0.178. The number of halogens is 1. The third-order valence-corrected chi connectivity index (χ3v) is 4.13. The summed E-state index contributed by atoms with van der Waals surface area (Å²) in [6.45, 7) is -0.144.